The van der Waals surface area contributed by atoms with Crippen molar-refractivity contribution in [2.75, 3.05) is 6.79 Å². The van der Waals surface area contributed by atoms with Crippen LogP contribution >= 0.6 is 0 Å². The van der Waals surface area contributed by atoms with Gasteiger partial charge in [-0.15, -0.1) is 0 Å². The van der Waals surface area contributed by atoms with Crippen molar-refractivity contribution in [1.82, 2.24) is 15.1 Å². The molecule has 1 aliphatic heterocycles. The SMILES string of the molecule is Cc1[nH]n(-c2ccc(F)cc2)c(=O)c1CCC(=O)NCc1ccc2c(c1)OCO2. The van der Waals surface area contributed by atoms with E-state index in [-0.39, 0.29) is 30.5 Å². The molecular formula is C21H20FN3O4. The van der Waals surface area contributed by atoms with Gasteiger partial charge in [0.2, 0.25) is 12.7 Å². The maximum atomic E-state index is 13.1. The third-order valence-corrected chi connectivity index (χ3v) is 4.81. The number of hydrogen-bond donors (Lipinski definition) is 2. The molecule has 0 saturated carbocycles. The number of H-pyrrole nitrogens is 1. The molecule has 1 amide bonds. The van der Waals surface area contributed by atoms with Gasteiger partial charge in [-0.3, -0.25) is 14.7 Å². The van der Waals surface area contributed by atoms with Gasteiger partial charge >= 0.3 is 0 Å². The number of aryl methyl sites for hydroxylation is 1. The maximum absolute atomic E-state index is 13.1. The van der Waals surface area contributed by atoms with E-state index in [4.69, 9.17) is 9.47 Å². The van der Waals surface area contributed by atoms with Gasteiger partial charge in [0, 0.05) is 24.2 Å². The first-order chi connectivity index (χ1) is 14.0. The van der Waals surface area contributed by atoms with E-state index in [1.807, 2.05) is 18.2 Å². The maximum Gasteiger partial charge on any atom is 0.274 e. The van der Waals surface area contributed by atoms with Gasteiger partial charge < -0.3 is 14.8 Å². The summed E-state index contributed by atoms with van der Waals surface area (Å²) >= 11 is 0. The fraction of sp³-hybridized carbons (Fsp3) is 0.238. The molecule has 0 atom stereocenters. The number of halogens is 1. The Balaban J connectivity index is 1.37. The molecule has 8 heteroatoms. The molecule has 2 N–H and O–H groups in total. The summed E-state index contributed by atoms with van der Waals surface area (Å²) in [5.41, 5.74) is 2.42. The van der Waals surface area contributed by atoms with Gasteiger partial charge in [0.25, 0.3) is 5.56 Å². The number of ether oxygens (including phenoxy) is 2. The smallest absolute Gasteiger partial charge is 0.274 e. The van der Waals surface area contributed by atoms with Crippen LogP contribution in [-0.4, -0.2) is 22.5 Å². The number of carbonyl (C=O) groups excluding carboxylic acids is 1. The van der Waals surface area contributed by atoms with E-state index >= 15 is 0 Å². The molecule has 0 aliphatic carbocycles. The Morgan fingerprint density at radius 1 is 1.17 bits per heavy atom. The number of nitrogens with zero attached hydrogens (tertiary/aromatic N) is 1. The fourth-order valence-corrected chi connectivity index (χ4v) is 3.23. The Labute approximate surface area is 166 Å². The summed E-state index contributed by atoms with van der Waals surface area (Å²) in [5, 5.41) is 5.83. The first kappa shape index (κ1) is 18.8. The number of aromatic amines is 1. The van der Waals surface area contributed by atoms with Crippen LogP contribution in [0.2, 0.25) is 0 Å². The second kappa shape index (κ2) is 7.83. The van der Waals surface area contributed by atoms with Crippen molar-refractivity contribution in [3.8, 4) is 17.2 Å². The van der Waals surface area contributed by atoms with Crippen LogP contribution in [0.5, 0.6) is 11.5 Å². The lowest BCUT2D eigenvalue weighted by atomic mass is 10.1. The fourth-order valence-electron chi connectivity index (χ4n) is 3.23. The molecule has 0 spiro atoms. The molecule has 150 valence electrons. The van der Waals surface area contributed by atoms with Crippen LogP contribution in [0.4, 0.5) is 4.39 Å². The zero-order chi connectivity index (χ0) is 20.4. The Morgan fingerprint density at radius 3 is 2.72 bits per heavy atom. The van der Waals surface area contributed by atoms with Crippen LogP contribution in [-0.2, 0) is 17.8 Å². The number of rotatable bonds is 6. The molecule has 1 aromatic heterocycles. The highest BCUT2D eigenvalue weighted by atomic mass is 19.1. The Bertz CT molecular complexity index is 1100. The predicted octanol–water partition coefficient (Wildman–Crippen LogP) is 2.59. The standard InChI is InChI=1S/C21H20FN3O4/c1-13-17(21(27)25(24-13)16-5-3-15(22)4-6-16)7-9-20(26)23-11-14-2-8-18-19(10-14)29-12-28-18/h2-6,8,10,24H,7,9,11-12H2,1H3,(H,23,26). The molecule has 29 heavy (non-hydrogen) atoms. The van der Waals surface area contributed by atoms with Gasteiger partial charge in [-0.05, 0) is 55.3 Å². The summed E-state index contributed by atoms with van der Waals surface area (Å²) < 4.78 is 25.1. The van der Waals surface area contributed by atoms with E-state index in [1.54, 1.807) is 6.92 Å². The largest absolute Gasteiger partial charge is 0.454 e. The summed E-state index contributed by atoms with van der Waals surface area (Å²) in [6, 6.07) is 11.1. The van der Waals surface area contributed by atoms with E-state index < -0.39 is 0 Å². The van der Waals surface area contributed by atoms with E-state index in [1.165, 1.54) is 28.9 Å². The van der Waals surface area contributed by atoms with Gasteiger partial charge in [0.05, 0.1) is 5.69 Å². The van der Waals surface area contributed by atoms with Gasteiger partial charge in [0.15, 0.2) is 11.5 Å². The third kappa shape index (κ3) is 4.01. The summed E-state index contributed by atoms with van der Waals surface area (Å²) in [6.07, 6.45) is 0.490. The monoisotopic (exact) mass is 397 g/mol. The molecule has 2 aromatic carbocycles. The topological polar surface area (TPSA) is 85.4 Å². The predicted molar refractivity (Wildman–Crippen MR) is 104 cm³/mol. The highest BCUT2D eigenvalue weighted by molar-refractivity contribution is 5.76. The third-order valence-electron chi connectivity index (χ3n) is 4.81. The average Bonchev–Trinajstić information content (AvgIpc) is 3.29. The lowest BCUT2D eigenvalue weighted by Gasteiger charge is -2.06. The molecule has 4 rings (SSSR count). The molecule has 0 saturated heterocycles. The first-order valence-corrected chi connectivity index (χ1v) is 9.23. The number of fused-ring (bicyclic) bond motifs is 1. The summed E-state index contributed by atoms with van der Waals surface area (Å²) in [6.45, 7) is 2.35. The van der Waals surface area contributed by atoms with Crippen molar-refractivity contribution in [3.05, 3.63) is 75.5 Å². The van der Waals surface area contributed by atoms with Crippen molar-refractivity contribution < 1.29 is 18.7 Å². The minimum Gasteiger partial charge on any atom is -0.454 e. The Kier molecular flexibility index (Phi) is 5.07. The van der Waals surface area contributed by atoms with Crippen molar-refractivity contribution in [1.29, 1.82) is 0 Å². The normalized spacial score (nSPS) is 12.2. The molecule has 1 aliphatic rings. The van der Waals surface area contributed by atoms with Crippen LogP contribution in [0.3, 0.4) is 0 Å². The zero-order valence-electron chi connectivity index (χ0n) is 15.8. The molecule has 0 radical (unpaired) electrons. The van der Waals surface area contributed by atoms with Crippen molar-refractivity contribution in [2.24, 2.45) is 0 Å². The molecule has 7 nitrogen and oxygen atoms in total. The average molecular weight is 397 g/mol. The van der Waals surface area contributed by atoms with E-state index in [9.17, 15) is 14.0 Å². The first-order valence-electron chi connectivity index (χ1n) is 9.23. The van der Waals surface area contributed by atoms with Crippen molar-refractivity contribution >= 4 is 5.91 Å². The molecule has 2 heterocycles. The van der Waals surface area contributed by atoms with Crippen LogP contribution in [0.25, 0.3) is 5.69 Å². The quantitative estimate of drug-likeness (QED) is 0.670. The lowest BCUT2D eigenvalue weighted by Crippen LogP contribution is -2.24. The minimum atomic E-state index is -0.371. The lowest BCUT2D eigenvalue weighted by molar-refractivity contribution is -0.121. The van der Waals surface area contributed by atoms with E-state index in [0.717, 1.165) is 5.56 Å². The summed E-state index contributed by atoms with van der Waals surface area (Å²) in [4.78, 5) is 24.9. The molecule has 3 aromatic rings. The van der Waals surface area contributed by atoms with Crippen molar-refractivity contribution in [2.45, 2.75) is 26.3 Å². The summed E-state index contributed by atoms with van der Waals surface area (Å²) in [5.74, 6) is 0.835. The van der Waals surface area contributed by atoms with Gasteiger partial charge in [-0.2, -0.15) is 0 Å². The van der Waals surface area contributed by atoms with Crippen molar-refractivity contribution in [3.63, 3.8) is 0 Å². The van der Waals surface area contributed by atoms with E-state index in [2.05, 4.69) is 10.4 Å². The highest BCUT2D eigenvalue weighted by Crippen LogP contribution is 2.32. The van der Waals surface area contributed by atoms with Gasteiger partial charge in [0.1, 0.15) is 5.82 Å². The number of hydrogen-bond acceptors (Lipinski definition) is 4. The number of carbonyl (C=O) groups is 1. The Morgan fingerprint density at radius 2 is 1.93 bits per heavy atom. The number of amides is 1. The van der Waals surface area contributed by atoms with Crippen LogP contribution in [0, 0.1) is 12.7 Å². The second-order valence-corrected chi connectivity index (χ2v) is 6.80. The second-order valence-electron chi connectivity index (χ2n) is 6.80. The number of nitrogens with one attached hydrogen (secondary N) is 2. The molecular weight excluding hydrogens is 377 g/mol. The van der Waals surface area contributed by atoms with Gasteiger partial charge in [-0.1, -0.05) is 6.07 Å². The minimum absolute atomic E-state index is 0.156. The molecule has 0 fully saturated rings. The van der Waals surface area contributed by atoms with E-state index in [0.29, 0.717) is 41.4 Å². The molecule has 0 bridgehead atoms. The summed E-state index contributed by atoms with van der Waals surface area (Å²) in [7, 11) is 0. The van der Waals surface area contributed by atoms with Crippen LogP contribution < -0.4 is 20.3 Å². The van der Waals surface area contributed by atoms with Gasteiger partial charge in [-0.25, -0.2) is 9.07 Å². The number of aromatic nitrogens is 2. The highest BCUT2D eigenvalue weighted by Gasteiger charge is 2.15. The Hall–Kier alpha value is -3.55. The zero-order valence-corrected chi connectivity index (χ0v) is 15.8. The van der Waals surface area contributed by atoms with Crippen LogP contribution in [0.15, 0.2) is 47.3 Å². The molecule has 0 unspecified atom stereocenters. The number of benzene rings is 2. The van der Waals surface area contributed by atoms with Crippen LogP contribution in [0.1, 0.15) is 23.2 Å².